The maximum atomic E-state index is 11.8. The summed E-state index contributed by atoms with van der Waals surface area (Å²) >= 11 is 0. The highest BCUT2D eigenvalue weighted by atomic mass is 16.5. The molecule has 19 heavy (non-hydrogen) atoms. The normalized spacial score (nSPS) is 11.8. The number of carbonyl (C=O) groups excluding carboxylic acids is 2. The van der Waals surface area contributed by atoms with E-state index in [1.807, 2.05) is 13.0 Å². The van der Waals surface area contributed by atoms with Crippen LogP contribution in [0.3, 0.4) is 0 Å². The average molecular weight is 265 g/mol. The van der Waals surface area contributed by atoms with E-state index in [2.05, 4.69) is 10.6 Å². The van der Waals surface area contributed by atoms with Gasteiger partial charge in [-0.3, -0.25) is 9.59 Å². The molecule has 0 saturated heterocycles. The van der Waals surface area contributed by atoms with Gasteiger partial charge >= 0.3 is 0 Å². The Bertz CT molecular complexity index is 470. The number of benzene rings is 1. The van der Waals surface area contributed by atoms with Gasteiger partial charge in [-0.05, 0) is 24.6 Å². The van der Waals surface area contributed by atoms with Crippen molar-refractivity contribution in [2.75, 3.05) is 24.3 Å². The van der Waals surface area contributed by atoms with Gasteiger partial charge in [0.2, 0.25) is 5.91 Å². The number of methoxy groups -OCH3 is 1. The molecular weight excluding hydrogens is 246 g/mol. The second-order valence-corrected chi connectivity index (χ2v) is 4.16. The van der Waals surface area contributed by atoms with E-state index in [9.17, 15) is 9.59 Å². The highest BCUT2D eigenvalue weighted by Gasteiger charge is 2.16. The number of amides is 2. The molecule has 0 aromatic heterocycles. The summed E-state index contributed by atoms with van der Waals surface area (Å²) in [4.78, 5) is 22.9. The standard InChI is InChI=1S/C13H19N3O3/c1-8-4-5-10(6-11(8)15-9(2)17)16-13(18)12(7-14)19-3/h4-6,12H,7,14H2,1-3H3,(H,15,17)(H,16,18). The molecule has 0 aliphatic carbocycles. The van der Waals surface area contributed by atoms with Gasteiger partial charge in [-0.25, -0.2) is 0 Å². The fourth-order valence-corrected chi connectivity index (χ4v) is 1.56. The van der Waals surface area contributed by atoms with E-state index in [1.165, 1.54) is 14.0 Å². The van der Waals surface area contributed by atoms with Gasteiger partial charge in [-0.1, -0.05) is 6.07 Å². The van der Waals surface area contributed by atoms with Crippen molar-refractivity contribution in [3.05, 3.63) is 23.8 Å². The topological polar surface area (TPSA) is 93.4 Å². The Balaban J connectivity index is 2.84. The van der Waals surface area contributed by atoms with E-state index in [-0.39, 0.29) is 18.4 Å². The smallest absolute Gasteiger partial charge is 0.254 e. The molecule has 1 atom stereocenters. The Morgan fingerprint density at radius 3 is 2.58 bits per heavy atom. The lowest BCUT2D eigenvalue weighted by Crippen LogP contribution is -2.35. The van der Waals surface area contributed by atoms with E-state index in [4.69, 9.17) is 10.5 Å². The summed E-state index contributed by atoms with van der Waals surface area (Å²) in [6, 6.07) is 5.25. The van der Waals surface area contributed by atoms with Crippen molar-refractivity contribution in [1.29, 1.82) is 0 Å². The Morgan fingerprint density at radius 2 is 2.05 bits per heavy atom. The molecule has 2 amide bonds. The first kappa shape index (κ1) is 15.1. The zero-order valence-corrected chi connectivity index (χ0v) is 11.3. The van der Waals surface area contributed by atoms with Crippen LogP contribution in [0.15, 0.2) is 18.2 Å². The molecule has 0 heterocycles. The number of anilines is 2. The number of nitrogens with two attached hydrogens (primary N) is 1. The fraction of sp³-hybridized carbons (Fsp3) is 0.385. The highest BCUT2D eigenvalue weighted by Crippen LogP contribution is 2.20. The third-order valence-electron chi connectivity index (χ3n) is 2.61. The molecule has 1 unspecified atom stereocenters. The number of rotatable bonds is 5. The van der Waals surface area contributed by atoms with Gasteiger partial charge in [-0.2, -0.15) is 0 Å². The Hall–Kier alpha value is -1.92. The van der Waals surface area contributed by atoms with Crippen LogP contribution >= 0.6 is 0 Å². The lowest BCUT2D eigenvalue weighted by molar-refractivity contribution is -0.125. The summed E-state index contributed by atoms with van der Waals surface area (Å²) in [5.41, 5.74) is 7.57. The van der Waals surface area contributed by atoms with Crippen molar-refractivity contribution >= 4 is 23.2 Å². The fourth-order valence-electron chi connectivity index (χ4n) is 1.56. The molecule has 0 aliphatic heterocycles. The summed E-state index contributed by atoms with van der Waals surface area (Å²) < 4.78 is 4.95. The van der Waals surface area contributed by atoms with Crippen molar-refractivity contribution in [1.82, 2.24) is 0 Å². The summed E-state index contributed by atoms with van der Waals surface area (Å²) in [6.45, 7) is 3.40. The number of hydrogen-bond donors (Lipinski definition) is 3. The molecular formula is C13H19N3O3. The molecule has 0 fully saturated rings. The summed E-state index contributed by atoms with van der Waals surface area (Å²) in [6.07, 6.45) is -0.689. The molecule has 0 saturated carbocycles. The molecule has 1 rings (SSSR count). The summed E-state index contributed by atoms with van der Waals surface area (Å²) in [5.74, 6) is -0.481. The minimum Gasteiger partial charge on any atom is -0.370 e. The van der Waals surface area contributed by atoms with Gasteiger partial charge < -0.3 is 21.1 Å². The van der Waals surface area contributed by atoms with Gasteiger partial charge in [0.15, 0.2) is 0 Å². The number of carbonyl (C=O) groups is 2. The molecule has 1 aromatic carbocycles. The second-order valence-electron chi connectivity index (χ2n) is 4.16. The summed E-state index contributed by atoms with van der Waals surface area (Å²) in [7, 11) is 1.43. The van der Waals surface area contributed by atoms with Crippen molar-refractivity contribution in [2.24, 2.45) is 5.73 Å². The minimum absolute atomic E-state index is 0.104. The molecule has 0 bridgehead atoms. The zero-order chi connectivity index (χ0) is 14.4. The molecule has 104 valence electrons. The predicted molar refractivity (Wildman–Crippen MR) is 74.0 cm³/mol. The van der Waals surface area contributed by atoms with Gasteiger partial charge in [0, 0.05) is 32.0 Å². The molecule has 1 aromatic rings. The van der Waals surface area contributed by atoms with E-state index in [0.717, 1.165) is 5.56 Å². The Morgan fingerprint density at radius 1 is 1.37 bits per heavy atom. The Labute approximate surface area is 112 Å². The second kappa shape index (κ2) is 6.86. The average Bonchev–Trinajstić information content (AvgIpc) is 2.34. The van der Waals surface area contributed by atoms with Crippen LogP contribution in [0.5, 0.6) is 0 Å². The van der Waals surface area contributed by atoms with Gasteiger partial charge in [0.25, 0.3) is 5.91 Å². The predicted octanol–water partition coefficient (Wildman–Crippen LogP) is 0.866. The minimum atomic E-state index is -0.689. The van der Waals surface area contributed by atoms with Crippen LogP contribution in [-0.2, 0) is 14.3 Å². The van der Waals surface area contributed by atoms with Crippen molar-refractivity contribution in [3.63, 3.8) is 0 Å². The van der Waals surface area contributed by atoms with Crippen LogP contribution in [0, 0.1) is 6.92 Å². The van der Waals surface area contributed by atoms with Crippen LogP contribution in [0.1, 0.15) is 12.5 Å². The monoisotopic (exact) mass is 265 g/mol. The van der Waals surface area contributed by atoms with Crippen LogP contribution in [0.4, 0.5) is 11.4 Å². The SMILES string of the molecule is COC(CN)C(=O)Nc1ccc(C)c(NC(C)=O)c1. The molecule has 0 spiro atoms. The highest BCUT2D eigenvalue weighted by molar-refractivity contribution is 5.96. The first-order valence-electron chi connectivity index (χ1n) is 5.90. The zero-order valence-electron chi connectivity index (χ0n) is 11.3. The Kier molecular flexibility index (Phi) is 5.47. The molecule has 0 aliphatic rings. The van der Waals surface area contributed by atoms with Crippen LogP contribution in [0.2, 0.25) is 0 Å². The van der Waals surface area contributed by atoms with Crippen LogP contribution < -0.4 is 16.4 Å². The van der Waals surface area contributed by atoms with Gasteiger partial charge in [-0.15, -0.1) is 0 Å². The third-order valence-corrected chi connectivity index (χ3v) is 2.61. The van der Waals surface area contributed by atoms with E-state index >= 15 is 0 Å². The van der Waals surface area contributed by atoms with E-state index in [1.54, 1.807) is 12.1 Å². The van der Waals surface area contributed by atoms with Gasteiger partial charge in [0.05, 0.1) is 0 Å². The van der Waals surface area contributed by atoms with E-state index in [0.29, 0.717) is 11.4 Å². The molecule has 4 N–H and O–H groups in total. The lowest BCUT2D eigenvalue weighted by Gasteiger charge is -2.14. The van der Waals surface area contributed by atoms with Crippen LogP contribution in [-0.4, -0.2) is 31.6 Å². The molecule has 0 radical (unpaired) electrons. The molecule has 6 nitrogen and oxygen atoms in total. The largest absolute Gasteiger partial charge is 0.370 e. The molecule has 6 heteroatoms. The maximum Gasteiger partial charge on any atom is 0.254 e. The maximum absolute atomic E-state index is 11.8. The summed E-state index contributed by atoms with van der Waals surface area (Å²) in [5, 5.41) is 5.39. The first-order chi connectivity index (χ1) is 8.97. The number of nitrogens with one attached hydrogen (secondary N) is 2. The van der Waals surface area contributed by atoms with Crippen molar-refractivity contribution < 1.29 is 14.3 Å². The quantitative estimate of drug-likeness (QED) is 0.736. The third kappa shape index (κ3) is 4.35. The number of hydrogen-bond acceptors (Lipinski definition) is 4. The number of aryl methyl sites for hydroxylation is 1. The van der Waals surface area contributed by atoms with Gasteiger partial charge in [0.1, 0.15) is 6.10 Å². The number of ether oxygens (including phenoxy) is 1. The van der Waals surface area contributed by atoms with Crippen LogP contribution in [0.25, 0.3) is 0 Å². The van der Waals surface area contributed by atoms with Crippen molar-refractivity contribution in [2.45, 2.75) is 20.0 Å². The lowest BCUT2D eigenvalue weighted by atomic mass is 10.1. The van der Waals surface area contributed by atoms with E-state index < -0.39 is 6.10 Å². The van der Waals surface area contributed by atoms with Crippen molar-refractivity contribution in [3.8, 4) is 0 Å². The first-order valence-corrected chi connectivity index (χ1v) is 5.90.